The van der Waals surface area contributed by atoms with Gasteiger partial charge in [0.2, 0.25) is 0 Å². The first-order valence-electron chi connectivity index (χ1n) is 3.61. The van der Waals surface area contributed by atoms with E-state index >= 15 is 0 Å². The second-order valence-electron chi connectivity index (χ2n) is 2.63. The van der Waals surface area contributed by atoms with Crippen molar-refractivity contribution in [3.8, 4) is 12.1 Å². The summed E-state index contributed by atoms with van der Waals surface area (Å²) in [6, 6.07) is 7.52. The van der Waals surface area contributed by atoms with Gasteiger partial charge >= 0.3 is 0 Å². The van der Waals surface area contributed by atoms with Crippen LogP contribution < -0.4 is 0 Å². The second-order valence-corrected chi connectivity index (χ2v) is 2.63. The van der Waals surface area contributed by atoms with E-state index in [0.29, 0.717) is 11.1 Å². The van der Waals surface area contributed by atoms with Crippen LogP contribution in [0.5, 0.6) is 0 Å². The molecule has 0 aromatic heterocycles. The number of benzene rings is 1. The molecule has 58 valence electrons. The monoisotopic (exact) mass is 156 g/mol. The minimum Gasteiger partial charge on any atom is -0.192 e. The normalized spacial score (nSPS) is 8.67. The summed E-state index contributed by atoms with van der Waals surface area (Å²) in [6.45, 7) is 3.71. The van der Waals surface area contributed by atoms with Crippen molar-refractivity contribution < 1.29 is 0 Å². The zero-order chi connectivity index (χ0) is 9.14. The summed E-state index contributed by atoms with van der Waals surface area (Å²) in [7, 11) is 0. The van der Waals surface area contributed by atoms with Crippen molar-refractivity contribution in [2.45, 2.75) is 13.8 Å². The number of nitriles is 2. The van der Waals surface area contributed by atoms with Crippen LogP contribution in [0.15, 0.2) is 12.1 Å². The van der Waals surface area contributed by atoms with Crippen molar-refractivity contribution in [2.24, 2.45) is 0 Å². The Balaban J connectivity index is 3.45. The predicted molar refractivity (Wildman–Crippen MR) is 45.3 cm³/mol. The largest absolute Gasteiger partial charge is 0.192 e. The molecule has 0 aliphatic rings. The van der Waals surface area contributed by atoms with Crippen LogP contribution in [0.3, 0.4) is 0 Å². The fourth-order valence-electron chi connectivity index (χ4n) is 1.06. The molecule has 0 aliphatic carbocycles. The number of rotatable bonds is 0. The van der Waals surface area contributed by atoms with Gasteiger partial charge in [0.25, 0.3) is 0 Å². The van der Waals surface area contributed by atoms with E-state index in [1.54, 1.807) is 12.1 Å². The minimum atomic E-state index is 0.645. The molecule has 0 bridgehead atoms. The van der Waals surface area contributed by atoms with Gasteiger partial charge in [-0.05, 0) is 37.1 Å². The summed E-state index contributed by atoms with van der Waals surface area (Å²) in [4.78, 5) is 0. The highest BCUT2D eigenvalue weighted by molar-refractivity contribution is 5.49. The predicted octanol–water partition coefficient (Wildman–Crippen LogP) is 2.05. The van der Waals surface area contributed by atoms with E-state index in [0.717, 1.165) is 11.1 Å². The van der Waals surface area contributed by atoms with E-state index in [1.165, 1.54) is 0 Å². The fraction of sp³-hybridized carbons (Fsp3) is 0.200. The molecule has 1 aromatic carbocycles. The summed E-state index contributed by atoms with van der Waals surface area (Å²) in [5.41, 5.74) is 3.09. The van der Waals surface area contributed by atoms with Crippen LogP contribution in [-0.2, 0) is 0 Å². The van der Waals surface area contributed by atoms with Crippen molar-refractivity contribution >= 4 is 0 Å². The van der Waals surface area contributed by atoms with Crippen molar-refractivity contribution in [3.05, 3.63) is 34.4 Å². The smallest absolute Gasteiger partial charge is 0.0994 e. The highest BCUT2D eigenvalue weighted by Gasteiger charge is 2.04. The van der Waals surface area contributed by atoms with E-state index < -0.39 is 0 Å². The zero-order valence-corrected chi connectivity index (χ0v) is 7.05. The van der Waals surface area contributed by atoms with Crippen LogP contribution >= 0.6 is 0 Å². The summed E-state index contributed by atoms with van der Waals surface area (Å²) in [5.74, 6) is 0. The molecule has 0 saturated carbocycles. The van der Waals surface area contributed by atoms with Gasteiger partial charge in [-0.3, -0.25) is 0 Å². The topological polar surface area (TPSA) is 47.6 Å². The van der Waals surface area contributed by atoms with E-state index in [-0.39, 0.29) is 0 Å². The first-order valence-corrected chi connectivity index (χ1v) is 3.61. The van der Waals surface area contributed by atoms with Crippen molar-refractivity contribution in [1.82, 2.24) is 0 Å². The molecule has 0 saturated heterocycles. The lowest BCUT2D eigenvalue weighted by molar-refractivity contribution is 1.28. The Morgan fingerprint density at radius 3 is 1.50 bits per heavy atom. The van der Waals surface area contributed by atoms with Crippen molar-refractivity contribution in [3.63, 3.8) is 0 Å². The van der Waals surface area contributed by atoms with E-state index in [9.17, 15) is 0 Å². The van der Waals surface area contributed by atoms with Crippen molar-refractivity contribution in [2.75, 3.05) is 0 Å². The maximum atomic E-state index is 8.67. The molecule has 0 atom stereocenters. The van der Waals surface area contributed by atoms with Gasteiger partial charge in [0.15, 0.2) is 0 Å². The van der Waals surface area contributed by atoms with Gasteiger partial charge in [-0.25, -0.2) is 0 Å². The summed E-state index contributed by atoms with van der Waals surface area (Å²) in [5, 5.41) is 17.3. The van der Waals surface area contributed by atoms with Gasteiger partial charge < -0.3 is 0 Å². The number of nitrogens with zero attached hydrogens (tertiary/aromatic N) is 2. The first-order chi connectivity index (χ1) is 5.70. The molecule has 0 aliphatic heterocycles. The van der Waals surface area contributed by atoms with Crippen LogP contribution in [0.25, 0.3) is 0 Å². The maximum absolute atomic E-state index is 8.67. The maximum Gasteiger partial charge on any atom is 0.0994 e. The van der Waals surface area contributed by atoms with Crippen LogP contribution in [0.1, 0.15) is 22.3 Å². The molecule has 2 heteroatoms. The highest BCUT2D eigenvalue weighted by Crippen LogP contribution is 2.15. The molecule has 2 nitrogen and oxygen atoms in total. The fourth-order valence-corrected chi connectivity index (χ4v) is 1.06. The molecule has 12 heavy (non-hydrogen) atoms. The summed E-state index contributed by atoms with van der Waals surface area (Å²) in [6.07, 6.45) is 0. The second kappa shape index (κ2) is 3.07. The Hall–Kier alpha value is -1.80. The SMILES string of the molecule is Cc1c(C#N)ccc(C#N)c1C. The van der Waals surface area contributed by atoms with Crippen LogP contribution in [0.2, 0.25) is 0 Å². The Kier molecular flexibility index (Phi) is 2.12. The lowest BCUT2D eigenvalue weighted by atomic mass is 9.99. The molecule has 1 aromatic rings. The van der Waals surface area contributed by atoms with Gasteiger partial charge in [-0.1, -0.05) is 0 Å². The Morgan fingerprint density at radius 1 is 0.917 bits per heavy atom. The van der Waals surface area contributed by atoms with Gasteiger partial charge in [-0.2, -0.15) is 10.5 Å². The van der Waals surface area contributed by atoms with Crippen molar-refractivity contribution in [1.29, 1.82) is 10.5 Å². The lowest BCUT2D eigenvalue weighted by Gasteiger charge is -2.02. The average molecular weight is 156 g/mol. The minimum absolute atomic E-state index is 0.645. The third-order valence-corrected chi connectivity index (χ3v) is 2.03. The molecule has 0 fully saturated rings. The first kappa shape index (κ1) is 8.30. The summed E-state index contributed by atoms with van der Waals surface area (Å²) >= 11 is 0. The standard InChI is InChI=1S/C10H8N2/c1-7-8(2)10(6-12)4-3-9(7)5-11/h3-4H,1-2H3. The molecule has 1 rings (SSSR count). The highest BCUT2D eigenvalue weighted by atomic mass is 14.3. The summed E-state index contributed by atoms with van der Waals surface area (Å²) < 4.78 is 0. The number of hydrogen-bond acceptors (Lipinski definition) is 2. The quantitative estimate of drug-likeness (QED) is 0.577. The Bertz CT molecular complexity index is 353. The van der Waals surface area contributed by atoms with Gasteiger partial charge in [-0.15, -0.1) is 0 Å². The third-order valence-electron chi connectivity index (χ3n) is 2.03. The Labute approximate surface area is 71.7 Å². The molecule has 0 amide bonds. The number of hydrogen-bond donors (Lipinski definition) is 0. The molecular weight excluding hydrogens is 148 g/mol. The van der Waals surface area contributed by atoms with E-state index in [4.69, 9.17) is 10.5 Å². The Morgan fingerprint density at radius 2 is 1.25 bits per heavy atom. The molecule has 0 heterocycles. The molecule has 0 spiro atoms. The molecule has 0 unspecified atom stereocenters. The van der Waals surface area contributed by atoms with Crippen LogP contribution in [-0.4, -0.2) is 0 Å². The third kappa shape index (κ3) is 1.15. The lowest BCUT2D eigenvalue weighted by Crippen LogP contribution is -1.90. The van der Waals surface area contributed by atoms with Crippen LogP contribution in [0, 0.1) is 36.5 Å². The molecule has 0 radical (unpaired) electrons. The van der Waals surface area contributed by atoms with Gasteiger partial charge in [0, 0.05) is 0 Å². The van der Waals surface area contributed by atoms with Gasteiger partial charge in [0.05, 0.1) is 23.3 Å². The van der Waals surface area contributed by atoms with Gasteiger partial charge in [0.1, 0.15) is 0 Å². The van der Waals surface area contributed by atoms with E-state index in [2.05, 4.69) is 12.1 Å². The van der Waals surface area contributed by atoms with Crippen LogP contribution in [0.4, 0.5) is 0 Å². The molecule has 0 N–H and O–H groups in total. The average Bonchev–Trinajstić information content (AvgIpc) is 2.10. The molecular formula is C10H8N2. The zero-order valence-electron chi connectivity index (χ0n) is 7.05. The van der Waals surface area contributed by atoms with E-state index in [1.807, 2.05) is 13.8 Å².